The number of benzene rings is 3. The topological polar surface area (TPSA) is 0 Å². The first-order valence-electron chi connectivity index (χ1n) is 7.02. The second kappa shape index (κ2) is 6.33. The number of halogens is 2. The summed E-state index contributed by atoms with van der Waals surface area (Å²) >= 11 is 7.44. The van der Waals surface area contributed by atoms with Crippen LogP contribution in [-0.2, 0) is 6.42 Å². The summed E-state index contributed by atoms with van der Waals surface area (Å²) in [5.74, 6) is 0. The van der Waals surface area contributed by atoms with Gasteiger partial charge in [-0.2, -0.15) is 0 Å². The highest BCUT2D eigenvalue weighted by molar-refractivity contribution is 9.10. The van der Waals surface area contributed by atoms with Crippen molar-refractivity contribution >= 4 is 42.6 Å². The summed E-state index contributed by atoms with van der Waals surface area (Å²) in [4.78, 5) is 0.320. The van der Waals surface area contributed by atoms with E-state index in [-0.39, 0.29) is 0 Å². The monoisotopic (exact) mass is 402 g/mol. The van der Waals surface area contributed by atoms with Crippen molar-refractivity contribution in [2.45, 2.75) is 18.2 Å². The molecule has 0 spiro atoms. The van der Waals surface area contributed by atoms with E-state index in [4.69, 9.17) is 0 Å². The minimum Gasteiger partial charge on any atom is -0.0835 e. The molecule has 1 unspecified atom stereocenters. The number of alkyl halides is 1. The number of fused-ring (bicyclic) bond motifs is 1. The van der Waals surface area contributed by atoms with Crippen LogP contribution < -0.4 is 0 Å². The zero-order valence-electron chi connectivity index (χ0n) is 11.8. The van der Waals surface area contributed by atoms with Crippen LogP contribution in [0.2, 0.25) is 0 Å². The molecule has 0 aromatic heterocycles. The molecule has 3 aromatic rings. The van der Waals surface area contributed by atoms with Crippen LogP contribution in [0.15, 0.2) is 65.1 Å². The first-order valence-corrected chi connectivity index (χ1v) is 8.73. The van der Waals surface area contributed by atoms with Gasteiger partial charge in [-0.25, -0.2) is 0 Å². The van der Waals surface area contributed by atoms with Crippen molar-refractivity contribution in [2.75, 3.05) is 0 Å². The summed E-state index contributed by atoms with van der Waals surface area (Å²) < 4.78 is 1.13. The van der Waals surface area contributed by atoms with Crippen LogP contribution in [-0.4, -0.2) is 0 Å². The van der Waals surface area contributed by atoms with Crippen LogP contribution in [0.4, 0.5) is 0 Å². The van der Waals surface area contributed by atoms with Crippen molar-refractivity contribution in [3.63, 3.8) is 0 Å². The first-order chi connectivity index (χ1) is 10.1. The van der Waals surface area contributed by atoms with Crippen molar-refractivity contribution < 1.29 is 0 Å². The summed E-state index contributed by atoms with van der Waals surface area (Å²) in [6.45, 7) is 2.17. The molecule has 3 aromatic carbocycles. The van der Waals surface area contributed by atoms with E-state index in [1.165, 1.54) is 27.5 Å². The van der Waals surface area contributed by atoms with Gasteiger partial charge >= 0.3 is 0 Å². The molecule has 0 radical (unpaired) electrons. The Morgan fingerprint density at radius 1 is 0.952 bits per heavy atom. The van der Waals surface area contributed by atoms with E-state index in [9.17, 15) is 0 Å². The molecule has 0 aliphatic heterocycles. The van der Waals surface area contributed by atoms with Gasteiger partial charge in [0, 0.05) is 9.30 Å². The maximum absolute atomic E-state index is 3.87. The molecule has 2 heteroatoms. The maximum Gasteiger partial charge on any atom is 0.0438 e. The predicted molar refractivity (Wildman–Crippen MR) is 98.2 cm³/mol. The maximum atomic E-state index is 3.87. The molecule has 0 N–H and O–H groups in total. The van der Waals surface area contributed by atoms with Crippen LogP contribution in [0.3, 0.4) is 0 Å². The molecule has 0 amide bonds. The highest BCUT2D eigenvalue weighted by Crippen LogP contribution is 2.33. The molecule has 106 valence electrons. The Kier molecular flexibility index (Phi) is 4.46. The van der Waals surface area contributed by atoms with Crippen molar-refractivity contribution in [2.24, 2.45) is 0 Å². The third-order valence-electron chi connectivity index (χ3n) is 3.86. The lowest BCUT2D eigenvalue weighted by Crippen LogP contribution is -1.99. The van der Waals surface area contributed by atoms with Crippen molar-refractivity contribution in [1.82, 2.24) is 0 Å². The zero-order chi connectivity index (χ0) is 14.8. The molecule has 0 heterocycles. The van der Waals surface area contributed by atoms with Crippen molar-refractivity contribution in [3.05, 3.63) is 81.8 Å². The fourth-order valence-corrected chi connectivity index (χ4v) is 3.94. The number of hydrogen-bond acceptors (Lipinski definition) is 0. The summed E-state index contributed by atoms with van der Waals surface area (Å²) in [5, 5.41) is 2.65. The van der Waals surface area contributed by atoms with E-state index in [0.717, 1.165) is 10.9 Å². The molecule has 0 bridgehead atoms. The lowest BCUT2D eigenvalue weighted by molar-refractivity contribution is 0.945. The van der Waals surface area contributed by atoms with Gasteiger partial charge in [-0.3, -0.25) is 0 Å². The molecule has 3 rings (SSSR count). The van der Waals surface area contributed by atoms with Crippen LogP contribution in [0, 0.1) is 6.92 Å². The third-order valence-corrected chi connectivity index (χ3v) is 5.17. The van der Waals surface area contributed by atoms with Crippen LogP contribution in [0.1, 0.15) is 21.5 Å². The molecule has 0 aliphatic carbocycles. The van der Waals surface area contributed by atoms with Gasteiger partial charge in [0.2, 0.25) is 0 Å². The quantitative estimate of drug-likeness (QED) is 0.432. The Morgan fingerprint density at radius 2 is 1.71 bits per heavy atom. The molecule has 0 aliphatic rings. The lowest BCUT2D eigenvalue weighted by Gasteiger charge is -2.15. The highest BCUT2D eigenvalue weighted by Gasteiger charge is 2.13. The summed E-state index contributed by atoms with van der Waals surface area (Å²) in [7, 11) is 0. The van der Waals surface area contributed by atoms with Gasteiger partial charge in [-0.1, -0.05) is 80.4 Å². The normalized spacial score (nSPS) is 12.5. The van der Waals surface area contributed by atoms with E-state index in [0.29, 0.717) is 4.83 Å². The van der Waals surface area contributed by atoms with E-state index in [2.05, 4.69) is 99.4 Å². The second-order valence-corrected chi connectivity index (χ2v) is 7.33. The first kappa shape index (κ1) is 14.8. The molecule has 0 saturated carbocycles. The minimum absolute atomic E-state index is 0.320. The number of rotatable bonds is 3. The SMILES string of the molecule is Cc1ccc(Br)cc1C(Br)Cc1cccc2ccccc12. The lowest BCUT2D eigenvalue weighted by atomic mass is 9.97. The molecule has 21 heavy (non-hydrogen) atoms. The Bertz CT molecular complexity index is 772. The van der Waals surface area contributed by atoms with Crippen molar-refractivity contribution in [1.29, 1.82) is 0 Å². The Balaban J connectivity index is 1.96. The standard InChI is InChI=1S/C19H16Br2/c1-13-9-10-16(20)12-18(13)19(21)11-15-7-4-6-14-5-2-3-8-17(14)15/h2-10,12,19H,11H2,1H3. The van der Waals surface area contributed by atoms with E-state index in [1.54, 1.807) is 0 Å². The zero-order valence-corrected chi connectivity index (χ0v) is 15.0. The Labute approximate surface area is 142 Å². The summed E-state index contributed by atoms with van der Waals surface area (Å²) in [6.07, 6.45) is 0.985. The molecule has 0 saturated heterocycles. The van der Waals surface area contributed by atoms with Gasteiger partial charge in [0.05, 0.1) is 0 Å². The van der Waals surface area contributed by atoms with E-state index in [1.807, 2.05) is 0 Å². The number of aryl methyl sites for hydroxylation is 1. The third kappa shape index (κ3) is 3.22. The Morgan fingerprint density at radius 3 is 2.57 bits per heavy atom. The summed E-state index contributed by atoms with van der Waals surface area (Å²) in [6, 6.07) is 21.6. The predicted octanol–water partition coefficient (Wildman–Crippen LogP) is 6.59. The Hall–Kier alpha value is -1.12. The molecule has 1 atom stereocenters. The molecular formula is C19H16Br2. The summed E-state index contributed by atoms with van der Waals surface area (Å²) in [5.41, 5.74) is 4.05. The average Bonchev–Trinajstić information content (AvgIpc) is 2.50. The van der Waals surface area contributed by atoms with E-state index >= 15 is 0 Å². The van der Waals surface area contributed by atoms with Gasteiger partial charge in [0.15, 0.2) is 0 Å². The van der Waals surface area contributed by atoms with Crippen LogP contribution >= 0.6 is 31.9 Å². The van der Waals surface area contributed by atoms with E-state index < -0.39 is 0 Å². The van der Waals surface area contributed by atoms with Crippen molar-refractivity contribution in [3.8, 4) is 0 Å². The molecule has 0 fully saturated rings. The fourth-order valence-electron chi connectivity index (χ4n) is 2.72. The van der Waals surface area contributed by atoms with Crippen LogP contribution in [0.25, 0.3) is 10.8 Å². The molecular weight excluding hydrogens is 388 g/mol. The minimum atomic E-state index is 0.320. The van der Waals surface area contributed by atoms with Gasteiger partial charge < -0.3 is 0 Å². The van der Waals surface area contributed by atoms with Gasteiger partial charge in [0.25, 0.3) is 0 Å². The smallest absolute Gasteiger partial charge is 0.0438 e. The highest BCUT2D eigenvalue weighted by atomic mass is 79.9. The van der Waals surface area contributed by atoms with Gasteiger partial charge in [-0.15, -0.1) is 0 Å². The van der Waals surface area contributed by atoms with Crippen LogP contribution in [0.5, 0.6) is 0 Å². The van der Waals surface area contributed by atoms with Gasteiger partial charge in [-0.05, 0) is 52.9 Å². The average molecular weight is 404 g/mol. The fraction of sp³-hybridized carbons (Fsp3) is 0.158. The number of hydrogen-bond donors (Lipinski definition) is 0. The van der Waals surface area contributed by atoms with Gasteiger partial charge in [0.1, 0.15) is 0 Å². The molecule has 0 nitrogen and oxygen atoms in total. The largest absolute Gasteiger partial charge is 0.0835 e. The second-order valence-electron chi connectivity index (χ2n) is 5.31.